The lowest BCUT2D eigenvalue weighted by molar-refractivity contribution is 0.174. The normalized spacial score (nSPS) is 11.8. The molecule has 28 heavy (non-hydrogen) atoms. The summed E-state index contributed by atoms with van der Waals surface area (Å²) in [6, 6.07) is 23.8. The van der Waals surface area contributed by atoms with E-state index in [4.69, 9.17) is 9.47 Å². The maximum Gasteiger partial charge on any atom is 0.166 e. The molecule has 0 saturated heterocycles. The Kier molecular flexibility index (Phi) is 7.06. The quantitative estimate of drug-likeness (QED) is 0.580. The van der Waals surface area contributed by atoms with Crippen LogP contribution in [0.25, 0.3) is 0 Å². The van der Waals surface area contributed by atoms with Gasteiger partial charge in [-0.05, 0) is 24.1 Å². The van der Waals surface area contributed by atoms with Crippen LogP contribution in [0, 0.1) is 6.92 Å². The molecule has 3 rings (SSSR count). The molecule has 0 radical (unpaired) electrons. The Morgan fingerprint density at radius 3 is 2.50 bits per heavy atom. The Morgan fingerprint density at radius 2 is 1.75 bits per heavy atom. The average Bonchev–Trinajstić information content (AvgIpc) is 2.73. The van der Waals surface area contributed by atoms with Crippen molar-refractivity contribution in [3.8, 4) is 11.5 Å². The molecule has 0 spiro atoms. The van der Waals surface area contributed by atoms with Crippen LogP contribution < -0.4 is 14.8 Å². The van der Waals surface area contributed by atoms with Gasteiger partial charge in [-0.25, -0.2) is 0 Å². The van der Waals surface area contributed by atoms with Crippen LogP contribution in [-0.2, 0) is 13.2 Å². The average molecular weight is 377 g/mol. The van der Waals surface area contributed by atoms with Gasteiger partial charge in [0.15, 0.2) is 11.5 Å². The van der Waals surface area contributed by atoms with Crippen molar-refractivity contribution in [1.82, 2.24) is 5.32 Å². The van der Waals surface area contributed by atoms with Crippen LogP contribution in [-0.4, -0.2) is 18.8 Å². The second-order valence-corrected chi connectivity index (χ2v) is 6.78. The number of benzene rings is 3. The molecule has 1 atom stereocenters. The minimum Gasteiger partial charge on any atom is -0.493 e. The molecule has 0 aliphatic carbocycles. The van der Waals surface area contributed by atoms with Crippen LogP contribution in [0.2, 0.25) is 0 Å². The Morgan fingerprint density at radius 1 is 0.964 bits per heavy atom. The van der Waals surface area contributed by atoms with Crippen LogP contribution in [0.1, 0.15) is 28.4 Å². The standard InChI is InChI=1S/C24H27NO3/c1-18-8-6-9-19(14-18)17-28-24-21(12-7-13-23(24)27-2)15-25-16-22(26)20-10-4-3-5-11-20/h3-14,22,25-26H,15-17H2,1-2H3/t22-/m1/s1. The summed E-state index contributed by atoms with van der Waals surface area (Å²) < 4.78 is 11.6. The third-order valence-corrected chi connectivity index (χ3v) is 4.58. The molecule has 0 heterocycles. The predicted molar refractivity (Wildman–Crippen MR) is 112 cm³/mol. The summed E-state index contributed by atoms with van der Waals surface area (Å²) in [7, 11) is 1.64. The lowest BCUT2D eigenvalue weighted by Crippen LogP contribution is -2.21. The molecule has 146 valence electrons. The van der Waals surface area contributed by atoms with Crippen molar-refractivity contribution < 1.29 is 14.6 Å². The number of nitrogens with one attached hydrogen (secondary N) is 1. The van der Waals surface area contributed by atoms with E-state index >= 15 is 0 Å². The fraction of sp³-hybridized carbons (Fsp3) is 0.250. The molecule has 2 N–H and O–H groups in total. The predicted octanol–water partition coefficient (Wildman–Crippen LogP) is 4.41. The van der Waals surface area contributed by atoms with Crippen LogP contribution in [0.5, 0.6) is 11.5 Å². The van der Waals surface area contributed by atoms with Crippen molar-refractivity contribution in [2.45, 2.75) is 26.2 Å². The number of hydrogen-bond acceptors (Lipinski definition) is 4. The van der Waals surface area contributed by atoms with Gasteiger partial charge in [0.2, 0.25) is 0 Å². The Bertz CT molecular complexity index is 880. The second kappa shape index (κ2) is 9.93. The van der Waals surface area contributed by atoms with Gasteiger partial charge in [-0.1, -0.05) is 72.3 Å². The molecule has 0 aliphatic rings. The van der Waals surface area contributed by atoms with E-state index in [1.165, 1.54) is 5.56 Å². The topological polar surface area (TPSA) is 50.7 Å². The third kappa shape index (κ3) is 5.35. The van der Waals surface area contributed by atoms with E-state index < -0.39 is 6.10 Å². The third-order valence-electron chi connectivity index (χ3n) is 4.58. The zero-order valence-electron chi connectivity index (χ0n) is 16.4. The zero-order chi connectivity index (χ0) is 19.8. The first-order chi connectivity index (χ1) is 13.7. The summed E-state index contributed by atoms with van der Waals surface area (Å²) >= 11 is 0. The second-order valence-electron chi connectivity index (χ2n) is 6.78. The summed E-state index contributed by atoms with van der Waals surface area (Å²) in [5.74, 6) is 1.43. The minimum absolute atomic E-state index is 0.457. The lowest BCUT2D eigenvalue weighted by Gasteiger charge is -2.17. The summed E-state index contributed by atoms with van der Waals surface area (Å²) in [6.45, 7) is 3.57. The van der Waals surface area contributed by atoms with Gasteiger partial charge < -0.3 is 19.9 Å². The number of aryl methyl sites for hydroxylation is 1. The molecular weight excluding hydrogens is 350 g/mol. The molecule has 4 nitrogen and oxygen atoms in total. The van der Waals surface area contributed by atoms with E-state index in [0.29, 0.717) is 25.4 Å². The number of ether oxygens (including phenoxy) is 2. The van der Waals surface area contributed by atoms with Crippen LogP contribution in [0.4, 0.5) is 0 Å². The van der Waals surface area contributed by atoms with E-state index in [-0.39, 0.29) is 0 Å². The fourth-order valence-corrected chi connectivity index (χ4v) is 3.12. The molecule has 0 fully saturated rings. The van der Waals surface area contributed by atoms with E-state index in [9.17, 15) is 5.11 Å². The molecule has 3 aromatic carbocycles. The number of aliphatic hydroxyl groups excluding tert-OH is 1. The first-order valence-corrected chi connectivity index (χ1v) is 9.45. The highest BCUT2D eigenvalue weighted by molar-refractivity contribution is 5.46. The summed E-state index contributed by atoms with van der Waals surface area (Å²) in [4.78, 5) is 0. The molecule has 0 amide bonds. The van der Waals surface area contributed by atoms with Crippen LogP contribution in [0.3, 0.4) is 0 Å². The largest absolute Gasteiger partial charge is 0.493 e. The number of rotatable bonds is 9. The highest BCUT2D eigenvalue weighted by Crippen LogP contribution is 2.32. The molecule has 0 unspecified atom stereocenters. The number of hydrogen-bond donors (Lipinski definition) is 2. The minimum atomic E-state index is -0.552. The monoisotopic (exact) mass is 377 g/mol. The Hall–Kier alpha value is -2.82. The van der Waals surface area contributed by atoms with E-state index in [0.717, 1.165) is 22.4 Å². The van der Waals surface area contributed by atoms with Crippen molar-refractivity contribution in [2.24, 2.45) is 0 Å². The highest BCUT2D eigenvalue weighted by Gasteiger charge is 2.12. The maximum absolute atomic E-state index is 10.3. The van der Waals surface area contributed by atoms with Crippen molar-refractivity contribution >= 4 is 0 Å². The Labute approximate surface area is 166 Å². The zero-order valence-corrected chi connectivity index (χ0v) is 16.4. The van der Waals surface area contributed by atoms with E-state index in [1.807, 2.05) is 54.6 Å². The molecule has 3 aromatic rings. The van der Waals surface area contributed by atoms with Gasteiger partial charge in [-0.2, -0.15) is 0 Å². The summed E-state index contributed by atoms with van der Waals surface area (Å²) in [5.41, 5.74) is 4.21. The number of methoxy groups -OCH3 is 1. The lowest BCUT2D eigenvalue weighted by atomic mass is 10.1. The van der Waals surface area contributed by atoms with E-state index in [1.54, 1.807) is 7.11 Å². The van der Waals surface area contributed by atoms with Crippen molar-refractivity contribution in [3.63, 3.8) is 0 Å². The van der Waals surface area contributed by atoms with Gasteiger partial charge in [0, 0.05) is 18.7 Å². The van der Waals surface area contributed by atoms with Gasteiger partial charge >= 0.3 is 0 Å². The van der Waals surface area contributed by atoms with Crippen molar-refractivity contribution in [3.05, 3.63) is 95.1 Å². The SMILES string of the molecule is COc1cccc(CNC[C@@H](O)c2ccccc2)c1OCc1cccc(C)c1. The maximum atomic E-state index is 10.3. The fourth-order valence-electron chi connectivity index (χ4n) is 3.12. The van der Waals surface area contributed by atoms with Crippen LogP contribution in [0.15, 0.2) is 72.8 Å². The van der Waals surface area contributed by atoms with Crippen molar-refractivity contribution in [2.75, 3.05) is 13.7 Å². The number of aliphatic hydroxyl groups is 1. The highest BCUT2D eigenvalue weighted by atomic mass is 16.5. The Balaban J connectivity index is 1.65. The van der Waals surface area contributed by atoms with Gasteiger partial charge in [0.25, 0.3) is 0 Å². The summed E-state index contributed by atoms with van der Waals surface area (Å²) in [5, 5.41) is 13.6. The number of para-hydroxylation sites is 1. The molecule has 0 aromatic heterocycles. The van der Waals surface area contributed by atoms with Crippen LogP contribution >= 0.6 is 0 Å². The molecular formula is C24H27NO3. The van der Waals surface area contributed by atoms with Gasteiger partial charge in [-0.3, -0.25) is 0 Å². The van der Waals surface area contributed by atoms with Crippen molar-refractivity contribution in [1.29, 1.82) is 0 Å². The van der Waals surface area contributed by atoms with Gasteiger partial charge in [-0.15, -0.1) is 0 Å². The first-order valence-electron chi connectivity index (χ1n) is 9.45. The first kappa shape index (κ1) is 19.9. The molecule has 0 saturated carbocycles. The van der Waals surface area contributed by atoms with Gasteiger partial charge in [0.05, 0.1) is 13.2 Å². The smallest absolute Gasteiger partial charge is 0.166 e. The molecule has 0 bridgehead atoms. The van der Waals surface area contributed by atoms with E-state index in [2.05, 4.69) is 30.4 Å². The molecule has 0 aliphatic heterocycles. The molecule has 4 heteroatoms. The van der Waals surface area contributed by atoms with Gasteiger partial charge in [0.1, 0.15) is 6.61 Å². The summed E-state index contributed by atoms with van der Waals surface area (Å²) in [6.07, 6.45) is -0.552.